The van der Waals surface area contributed by atoms with Crippen molar-refractivity contribution in [2.24, 2.45) is 45.3 Å². The molecule has 0 radical (unpaired) electrons. The second-order valence-corrected chi connectivity index (χ2v) is 31.2. The number of allylic oxidation sites excluding steroid dienone is 1. The zero-order valence-electron chi connectivity index (χ0n) is 57.9. The minimum atomic E-state index is -2.08. The Morgan fingerprint density at radius 1 is 0.505 bits per heavy atom. The van der Waals surface area contributed by atoms with Crippen molar-refractivity contribution < 1.29 is 158 Å². The van der Waals surface area contributed by atoms with Crippen molar-refractivity contribution in [3.05, 3.63) is 11.6 Å². The molecule has 32 heteroatoms. The maximum Gasteiger partial charge on any atom is 0.316 e. The fourth-order valence-electron chi connectivity index (χ4n) is 19.4. The van der Waals surface area contributed by atoms with Gasteiger partial charge in [0.2, 0.25) is 0 Å². The van der Waals surface area contributed by atoms with Crippen LogP contribution in [0.3, 0.4) is 0 Å². The van der Waals surface area contributed by atoms with Gasteiger partial charge >= 0.3 is 5.97 Å². The van der Waals surface area contributed by atoms with Gasteiger partial charge in [-0.25, -0.2) is 0 Å². The molecule has 0 amide bonds. The third kappa shape index (κ3) is 13.5. The number of cyclic esters (lactones) is 1. The van der Waals surface area contributed by atoms with Gasteiger partial charge in [-0.05, 0) is 99.2 Å². The van der Waals surface area contributed by atoms with Gasteiger partial charge in [-0.3, -0.25) is 4.79 Å². The summed E-state index contributed by atoms with van der Waals surface area (Å²) in [5, 5.41) is 180. The molecule has 0 aromatic carbocycles. The molecule has 0 aromatic heterocycles. The highest BCUT2D eigenvalue weighted by molar-refractivity contribution is 5.84. The Morgan fingerprint density at radius 3 is 1.48 bits per heavy atom. The predicted molar refractivity (Wildman–Crippen MR) is 332 cm³/mol. The summed E-state index contributed by atoms with van der Waals surface area (Å²) < 4.78 is 90.2. The van der Waals surface area contributed by atoms with Crippen LogP contribution in [0.2, 0.25) is 0 Å². The summed E-state index contributed by atoms with van der Waals surface area (Å²) in [4.78, 5) is 14.6. The lowest BCUT2D eigenvalue weighted by atomic mass is 9.40. The van der Waals surface area contributed by atoms with Crippen LogP contribution in [-0.2, 0) is 75.8 Å². The first-order valence-corrected chi connectivity index (χ1v) is 35.2. The highest BCUT2D eigenvalue weighted by Gasteiger charge is 2.79. The Kier molecular flexibility index (Phi) is 23.9. The molecule has 7 saturated heterocycles. The van der Waals surface area contributed by atoms with Crippen LogP contribution in [0.4, 0.5) is 0 Å². The topological polar surface area (TPSA) is 479 Å². The molecule has 7 aliphatic heterocycles. The molecule has 4 aliphatic carbocycles. The number of aliphatic hydroxyl groups is 16. The zero-order valence-corrected chi connectivity index (χ0v) is 57.9. The number of fused-ring (bicyclic) bond motifs is 4. The normalized spacial score (nSPS) is 52.9. The summed E-state index contributed by atoms with van der Waals surface area (Å²) in [6.45, 7) is 12.6. The van der Waals surface area contributed by atoms with Crippen LogP contribution in [0.5, 0.6) is 0 Å². The van der Waals surface area contributed by atoms with Crippen molar-refractivity contribution in [1.82, 2.24) is 0 Å². The van der Waals surface area contributed by atoms with Crippen LogP contribution in [0.1, 0.15) is 113 Å². The first-order chi connectivity index (χ1) is 46.8. The molecular formula is C67H110O32. The Labute approximate surface area is 575 Å². The van der Waals surface area contributed by atoms with E-state index in [1.807, 2.05) is 13.0 Å². The lowest BCUT2D eigenvalue weighted by molar-refractivity contribution is -0.397. The zero-order chi connectivity index (χ0) is 72.1. The number of hydrogen-bond acceptors (Lipinski definition) is 32. The molecule has 10 fully saturated rings. The van der Waals surface area contributed by atoms with Crippen LogP contribution in [0.15, 0.2) is 11.6 Å². The molecule has 0 aromatic rings. The monoisotopic (exact) mass is 1430 g/mol. The maximum atomic E-state index is 14.6. The van der Waals surface area contributed by atoms with Crippen LogP contribution < -0.4 is 0 Å². The lowest BCUT2D eigenvalue weighted by Gasteiger charge is -2.64. The summed E-state index contributed by atoms with van der Waals surface area (Å²) >= 11 is 0. The SMILES string of the molecule is CO[C@@H]1[C@@H](O)[C@H](O[C@@H]2[C@@H](O)[C@H](O[C@H]3[C@H](O)[C@@H](O)C(O[C@H]4[C@H](O[C@H]5CC[C@]6(C)C7=C[C@H](O)[C@]89C(=O)O[C@@](C)(CCCC(C)C)[C@H]8CC[C@@]9(C)[C@@H]7CC[C@H]6C5(C)C)OC[C@@H](O[C@@H]5O[C@H](CO)[C@@H](O)[C@H](O[C@@H]6O[C@H](CO)[C@@H](O)[C@H](OC)[C@H]6O)[C@H]5O)[C@@H]4O)O[C@@H]3C)O[C@H](CO)[C@H]2O)O[C@H](CO)[C@H]1O. The minimum Gasteiger partial charge on any atom is -0.459 e. The number of aliphatic hydroxyl groups excluding tert-OH is 16. The molecule has 7 heterocycles. The molecule has 11 aliphatic rings. The summed E-state index contributed by atoms with van der Waals surface area (Å²) in [6.07, 6.45) is -42.5. The lowest BCUT2D eigenvalue weighted by Crippen LogP contribution is -2.67. The Balaban J connectivity index is 0.839. The van der Waals surface area contributed by atoms with Crippen molar-refractivity contribution in [3.63, 3.8) is 0 Å². The molecule has 1 unspecified atom stereocenters. The van der Waals surface area contributed by atoms with E-state index in [1.54, 1.807) is 0 Å². The molecule has 99 heavy (non-hydrogen) atoms. The third-order valence-corrected chi connectivity index (χ3v) is 24.9. The Hall–Kier alpha value is -1.99. The molecule has 0 bridgehead atoms. The van der Waals surface area contributed by atoms with Crippen LogP contribution in [0.25, 0.3) is 0 Å². The van der Waals surface area contributed by atoms with Crippen LogP contribution in [0, 0.1) is 45.3 Å². The van der Waals surface area contributed by atoms with Gasteiger partial charge in [-0.2, -0.15) is 0 Å². The molecule has 570 valence electrons. The fraction of sp³-hybridized carbons (Fsp3) is 0.955. The van der Waals surface area contributed by atoms with Crippen molar-refractivity contribution in [3.8, 4) is 0 Å². The smallest absolute Gasteiger partial charge is 0.316 e. The van der Waals surface area contributed by atoms with Gasteiger partial charge in [0.1, 0.15) is 145 Å². The Morgan fingerprint density at radius 2 is 0.980 bits per heavy atom. The number of rotatable bonds is 22. The quantitative estimate of drug-likeness (QED) is 0.0279. The van der Waals surface area contributed by atoms with Gasteiger partial charge < -0.3 is 153 Å². The van der Waals surface area contributed by atoms with Crippen molar-refractivity contribution in [1.29, 1.82) is 0 Å². The van der Waals surface area contributed by atoms with E-state index in [1.165, 1.54) is 21.1 Å². The van der Waals surface area contributed by atoms with Gasteiger partial charge in [0, 0.05) is 20.1 Å². The predicted octanol–water partition coefficient (Wildman–Crippen LogP) is -4.03. The first kappa shape index (κ1) is 78.1. The molecule has 11 rings (SSSR count). The highest BCUT2D eigenvalue weighted by atomic mass is 16.8. The number of hydrogen-bond donors (Lipinski definition) is 16. The third-order valence-electron chi connectivity index (χ3n) is 24.9. The number of esters is 1. The van der Waals surface area contributed by atoms with E-state index in [9.17, 15) is 86.5 Å². The maximum absolute atomic E-state index is 14.6. The summed E-state index contributed by atoms with van der Waals surface area (Å²) in [6, 6.07) is 0. The van der Waals surface area contributed by atoms with Gasteiger partial charge in [0.05, 0.1) is 51.3 Å². The second kappa shape index (κ2) is 30.3. The van der Waals surface area contributed by atoms with E-state index in [0.717, 1.165) is 31.3 Å². The minimum absolute atomic E-state index is 0.0371. The van der Waals surface area contributed by atoms with Gasteiger partial charge in [0.15, 0.2) is 37.7 Å². The van der Waals surface area contributed by atoms with E-state index in [4.69, 9.17) is 71.1 Å². The average molecular weight is 1430 g/mol. The number of carbonyl (C=O) groups excluding carboxylic acids is 1. The van der Waals surface area contributed by atoms with Gasteiger partial charge in [-0.15, -0.1) is 0 Å². The summed E-state index contributed by atoms with van der Waals surface area (Å²) in [5.41, 5.74) is -2.51. The number of ether oxygens (including phenoxy) is 15. The molecule has 32 nitrogen and oxygen atoms in total. The van der Waals surface area contributed by atoms with E-state index < -0.39 is 251 Å². The largest absolute Gasteiger partial charge is 0.459 e. The van der Waals surface area contributed by atoms with Crippen molar-refractivity contribution >= 4 is 5.97 Å². The average Bonchev–Trinajstić information content (AvgIpc) is 1.53. The summed E-state index contributed by atoms with van der Waals surface area (Å²) in [5.74, 6) is -0.129. The molecule has 1 spiro atoms. The molecular weight excluding hydrogens is 1320 g/mol. The van der Waals surface area contributed by atoms with Crippen molar-refractivity contribution in [2.75, 3.05) is 47.3 Å². The van der Waals surface area contributed by atoms with Crippen LogP contribution >= 0.6 is 0 Å². The van der Waals surface area contributed by atoms with Gasteiger partial charge in [0.25, 0.3) is 0 Å². The second-order valence-electron chi connectivity index (χ2n) is 31.2. The fourth-order valence-corrected chi connectivity index (χ4v) is 19.4. The Bertz CT molecular complexity index is 2740. The number of methoxy groups -OCH3 is 2. The van der Waals surface area contributed by atoms with Crippen molar-refractivity contribution in [2.45, 2.75) is 309 Å². The molecule has 3 saturated carbocycles. The van der Waals surface area contributed by atoms with E-state index >= 15 is 0 Å². The summed E-state index contributed by atoms with van der Waals surface area (Å²) in [7, 11) is 2.36. The van der Waals surface area contributed by atoms with E-state index in [2.05, 4.69) is 41.5 Å². The molecule has 16 N–H and O–H groups in total. The molecule has 38 atom stereocenters. The van der Waals surface area contributed by atoms with Crippen LogP contribution in [-0.4, -0.2) is 331 Å². The van der Waals surface area contributed by atoms with E-state index in [-0.39, 0.29) is 23.7 Å². The number of carbonyl (C=O) groups is 1. The van der Waals surface area contributed by atoms with E-state index in [0.29, 0.717) is 38.0 Å². The van der Waals surface area contributed by atoms with Gasteiger partial charge in [-0.1, -0.05) is 59.6 Å². The first-order valence-electron chi connectivity index (χ1n) is 35.2. The highest BCUT2D eigenvalue weighted by Crippen LogP contribution is 2.76. The standard InChI is InChI=1S/C67H110O32/c1-26(2)12-11-17-66(8)36-15-19-65(7)28-13-14-35-63(4,5)38(16-18-64(35,6)29(28)20-37(72)67(36,65)62(84)99-66)94-61-55(43(77)34(25-87-61)93-57-48(82)53(41(75)32(23-70)89-57)96-58-46(80)51(85-9)39(73)30(21-68)90-58)98-56-45(79)44(78)50(27(3)88-56)95-60-49(83)54(42(76)33(24-71)92-60)97-59-47(81)52(86-10)40(74)31(22-69)91-59/h20,26-28,30-61,68-83H,11-19,21-25H2,1-10H3/t27-,28-,30-,31-,32-,33-,34-,35+,36-,37+,38+,39-,40-,41-,42-,43+,44-,45-,46-,47-,48-,49-,50-,51+,52+,53+,54+,55-,56?,57+,58+,59+,60+,61+,64-,65+,66+,67+/m1/s1.